The van der Waals surface area contributed by atoms with Gasteiger partial charge in [0.15, 0.2) is 0 Å². The molecule has 1 saturated heterocycles. The van der Waals surface area contributed by atoms with Crippen molar-refractivity contribution in [3.05, 3.63) is 23.8 Å². The molecule has 0 aromatic heterocycles. The van der Waals surface area contributed by atoms with Gasteiger partial charge in [0.25, 0.3) is 0 Å². The molecule has 1 fully saturated rings. The number of aromatic carboxylic acids is 1. The normalized spacial score (nSPS) is 15.0. The molecule has 0 spiro atoms. The third-order valence-electron chi connectivity index (χ3n) is 3.05. The SMILES string of the molecule is CN(C)c1cc(C(=O)O)cc(N2CCCC2=O)c1. The predicted molar refractivity (Wildman–Crippen MR) is 69.3 cm³/mol. The van der Waals surface area contributed by atoms with Gasteiger partial charge in [-0.05, 0) is 24.6 Å². The largest absolute Gasteiger partial charge is 0.478 e. The van der Waals surface area contributed by atoms with E-state index in [9.17, 15) is 9.59 Å². The zero-order valence-corrected chi connectivity index (χ0v) is 10.5. The summed E-state index contributed by atoms with van der Waals surface area (Å²) < 4.78 is 0. The van der Waals surface area contributed by atoms with Crippen molar-refractivity contribution in [2.24, 2.45) is 0 Å². The second-order valence-corrected chi connectivity index (χ2v) is 4.59. The summed E-state index contributed by atoms with van der Waals surface area (Å²) in [5.74, 6) is -0.922. The van der Waals surface area contributed by atoms with Crippen molar-refractivity contribution in [3.63, 3.8) is 0 Å². The van der Waals surface area contributed by atoms with Crippen LogP contribution in [0.15, 0.2) is 18.2 Å². The van der Waals surface area contributed by atoms with Gasteiger partial charge in [-0.25, -0.2) is 4.79 Å². The molecule has 1 aromatic rings. The lowest BCUT2D eigenvalue weighted by Gasteiger charge is -2.20. The van der Waals surface area contributed by atoms with Crippen LogP contribution in [0.1, 0.15) is 23.2 Å². The van der Waals surface area contributed by atoms with Gasteiger partial charge in [-0.15, -0.1) is 0 Å². The van der Waals surface area contributed by atoms with Crippen molar-refractivity contribution in [2.45, 2.75) is 12.8 Å². The van der Waals surface area contributed by atoms with Crippen LogP contribution in [-0.4, -0.2) is 37.6 Å². The first-order chi connectivity index (χ1) is 8.49. The van der Waals surface area contributed by atoms with Gasteiger partial charge < -0.3 is 14.9 Å². The first-order valence-electron chi connectivity index (χ1n) is 5.85. The van der Waals surface area contributed by atoms with Gasteiger partial charge in [-0.3, -0.25) is 4.79 Å². The van der Waals surface area contributed by atoms with Gasteiger partial charge in [-0.1, -0.05) is 0 Å². The quantitative estimate of drug-likeness (QED) is 0.882. The Labute approximate surface area is 106 Å². The fourth-order valence-corrected chi connectivity index (χ4v) is 2.05. The Bertz CT molecular complexity index is 497. The summed E-state index contributed by atoms with van der Waals surface area (Å²) in [6, 6.07) is 5.00. The Morgan fingerprint density at radius 3 is 2.56 bits per heavy atom. The third-order valence-corrected chi connectivity index (χ3v) is 3.05. The molecule has 18 heavy (non-hydrogen) atoms. The standard InChI is InChI=1S/C13H16N2O3/c1-14(2)10-6-9(13(17)18)7-11(8-10)15-5-3-4-12(15)16/h6-8H,3-5H2,1-2H3,(H,17,18). The van der Waals surface area contributed by atoms with Crippen molar-refractivity contribution < 1.29 is 14.7 Å². The van der Waals surface area contributed by atoms with Crippen LogP contribution in [-0.2, 0) is 4.79 Å². The summed E-state index contributed by atoms with van der Waals surface area (Å²) in [5.41, 5.74) is 1.65. The van der Waals surface area contributed by atoms with Gasteiger partial charge in [-0.2, -0.15) is 0 Å². The van der Waals surface area contributed by atoms with Crippen LogP contribution < -0.4 is 9.80 Å². The van der Waals surface area contributed by atoms with E-state index in [1.165, 1.54) is 0 Å². The number of benzene rings is 1. The number of hydrogen-bond acceptors (Lipinski definition) is 3. The van der Waals surface area contributed by atoms with Gasteiger partial charge in [0.2, 0.25) is 5.91 Å². The van der Waals surface area contributed by atoms with E-state index >= 15 is 0 Å². The smallest absolute Gasteiger partial charge is 0.335 e. The molecule has 1 aliphatic heterocycles. The number of carbonyl (C=O) groups is 2. The Kier molecular flexibility index (Phi) is 3.23. The van der Waals surface area contributed by atoms with Gasteiger partial charge in [0.1, 0.15) is 0 Å². The Morgan fingerprint density at radius 1 is 1.33 bits per heavy atom. The van der Waals surface area contributed by atoms with E-state index in [2.05, 4.69) is 0 Å². The summed E-state index contributed by atoms with van der Waals surface area (Å²) >= 11 is 0. The van der Waals surface area contributed by atoms with E-state index in [-0.39, 0.29) is 11.5 Å². The Balaban J connectivity index is 2.46. The number of anilines is 2. The van der Waals surface area contributed by atoms with E-state index in [1.807, 2.05) is 25.1 Å². The first kappa shape index (κ1) is 12.4. The molecule has 1 aromatic carbocycles. The summed E-state index contributed by atoms with van der Waals surface area (Å²) in [4.78, 5) is 26.3. The summed E-state index contributed by atoms with van der Waals surface area (Å²) in [5, 5.41) is 9.10. The highest BCUT2D eigenvalue weighted by Gasteiger charge is 2.23. The highest BCUT2D eigenvalue weighted by Crippen LogP contribution is 2.27. The van der Waals surface area contributed by atoms with Crippen molar-refractivity contribution in [3.8, 4) is 0 Å². The summed E-state index contributed by atoms with van der Waals surface area (Å²) in [6.45, 7) is 0.661. The van der Waals surface area contributed by atoms with Crippen LogP contribution in [0.4, 0.5) is 11.4 Å². The zero-order valence-electron chi connectivity index (χ0n) is 10.5. The number of nitrogens with zero attached hydrogens (tertiary/aromatic N) is 2. The lowest BCUT2D eigenvalue weighted by molar-refractivity contribution is -0.117. The minimum Gasteiger partial charge on any atom is -0.478 e. The molecule has 5 heteroatoms. The maximum Gasteiger partial charge on any atom is 0.335 e. The Morgan fingerprint density at radius 2 is 2.06 bits per heavy atom. The van der Waals surface area contributed by atoms with E-state index < -0.39 is 5.97 Å². The molecule has 5 nitrogen and oxygen atoms in total. The molecule has 0 saturated carbocycles. The molecule has 2 rings (SSSR count). The van der Waals surface area contributed by atoms with Gasteiger partial charge in [0.05, 0.1) is 5.56 Å². The maximum absolute atomic E-state index is 11.7. The number of rotatable bonds is 3. The monoisotopic (exact) mass is 248 g/mol. The number of carbonyl (C=O) groups excluding carboxylic acids is 1. The molecule has 0 atom stereocenters. The molecule has 1 aliphatic rings. The summed E-state index contributed by atoms with van der Waals surface area (Å²) in [7, 11) is 3.69. The molecular weight excluding hydrogens is 232 g/mol. The average molecular weight is 248 g/mol. The second kappa shape index (κ2) is 4.68. The van der Waals surface area contributed by atoms with Crippen LogP contribution >= 0.6 is 0 Å². The van der Waals surface area contributed by atoms with E-state index in [0.717, 1.165) is 12.1 Å². The van der Waals surface area contributed by atoms with Crippen molar-refractivity contribution in [1.29, 1.82) is 0 Å². The summed E-state index contributed by atoms with van der Waals surface area (Å²) in [6.07, 6.45) is 1.36. The Hall–Kier alpha value is -2.04. The molecule has 1 heterocycles. The van der Waals surface area contributed by atoms with Gasteiger partial charge >= 0.3 is 5.97 Å². The molecule has 1 N–H and O–H groups in total. The molecule has 0 aliphatic carbocycles. The maximum atomic E-state index is 11.7. The second-order valence-electron chi connectivity index (χ2n) is 4.59. The van der Waals surface area contributed by atoms with Crippen LogP contribution in [0.3, 0.4) is 0 Å². The number of amides is 1. The molecule has 0 radical (unpaired) electrons. The van der Waals surface area contributed by atoms with Crippen molar-refractivity contribution in [2.75, 3.05) is 30.4 Å². The fraction of sp³-hybridized carbons (Fsp3) is 0.385. The van der Waals surface area contributed by atoms with Gasteiger partial charge in [0, 0.05) is 38.4 Å². The molecule has 96 valence electrons. The molecule has 1 amide bonds. The van der Waals surface area contributed by atoms with Crippen molar-refractivity contribution in [1.82, 2.24) is 0 Å². The topological polar surface area (TPSA) is 60.9 Å². The minimum absolute atomic E-state index is 0.0576. The molecule has 0 unspecified atom stereocenters. The fourth-order valence-electron chi connectivity index (χ4n) is 2.05. The number of hydrogen-bond donors (Lipinski definition) is 1. The highest BCUT2D eigenvalue weighted by molar-refractivity contribution is 5.98. The molecule has 0 bridgehead atoms. The third kappa shape index (κ3) is 2.30. The lowest BCUT2D eigenvalue weighted by atomic mass is 10.1. The number of carboxylic acids is 1. The van der Waals surface area contributed by atoms with E-state index in [1.54, 1.807) is 17.0 Å². The first-order valence-corrected chi connectivity index (χ1v) is 5.85. The van der Waals surface area contributed by atoms with Crippen LogP contribution in [0.25, 0.3) is 0 Å². The lowest BCUT2D eigenvalue weighted by Crippen LogP contribution is -2.24. The number of carboxylic acid groups (broad SMARTS) is 1. The van der Waals surface area contributed by atoms with Crippen molar-refractivity contribution >= 4 is 23.3 Å². The zero-order chi connectivity index (χ0) is 13.3. The average Bonchev–Trinajstić information content (AvgIpc) is 2.74. The predicted octanol–water partition coefficient (Wildman–Crippen LogP) is 1.58. The van der Waals surface area contributed by atoms with Crippen LogP contribution in [0.2, 0.25) is 0 Å². The minimum atomic E-state index is -0.980. The van der Waals surface area contributed by atoms with E-state index in [4.69, 9.17) is 5.11 Å². The van der Waals surface area contributed by atoms with E-state index in [0.29, 0.717) is 18.7 Å². The molecular formula is C13H16N2O3. The van der Waals surface area contributed by atoms with Crippen LogP contribution in [0, 0.1) is 0 Å². The highest BCUT2D eigenvalue weighted by atomic mass is 16.4. The van der Waals surface area contributed by atoms with Crippen LogP contribution in [0.5, 0.6) is 0 Å².